The Kier molecular flexibility index (Phi) is 4.28. The van der Waals surface area contributed by atoms with E-state index in [0.717, 1.165) is 12.4 Å². The predicted octanol–water partition coefficient (Wildman–Crippen LogP) is 6.51. The van der Waals surface area contributed by atoms with Gasteiger partial charge in [0, 0.05) is 23.9 Å². The van der Waals surface area contributed by atoms with Crippen LogP contribution < -0.4 is 0 Å². The molecule has 0 aliphatic carbocycles. The van der Waals surface area contributed by atoms with E-state index in [9.17, 15) is 0 Å². The monoisotopic (exact) mass is 398 g/mol. The summed E-state index contributed by atoms with van der Waals surface area (Å²) in [5.74, 6) is 1.08. The van der Waals surface area contributed by atoms with Crippen LogP contribution in [0.5, 0.6) is 0 Å². The van der Waals surface area contributed by atoms with Crippen molar-refractivity contribution in [1.29, 1.82) is 0 Å². The second kappa shape index (κ2) is 7.41. The van der Waals surface area contributed by atoms with Crippen LogP contribution in [0.1, 0.15) is 11.1 Å². The van der Waals surface area contributed by atoms with Crippen LogP contribution in [0.3, 0.4) is 0 Å². The molecule has 2 nitrogen and oxygen atoms in total. The lowest BCUT2D eigenvalue weighted by Gasteiger charge is -2.16. The van der Waals surface area contributed by atoms with Gasteiger partial charge in [0.1, 0.15) is 5.84 Å². The van der Waals surface area contributed by atoms with Crippen molar-refractivity contribution in [1.82, 2.24) is 4.90 Å². The highest BCUT2D eigenvalue weighted by atomic mass is 15.4. The minimum absolute atomic E-state index is 0.434. The van der Waals surface area contributed by atoms with Crippen molar-refractivity contribution in [2.24, 2.45) is 4.99 Å². The highest BCUT2D eigenvalue weighted by Gasteiger charge is 2.42. The minimum Gasteiger partial charge on any atom is -0.345 e. The van der Waals surface area contributed by atoms with Crippen LogP contribution >= 0.6 is 0 Å². The van der Waals surface area contributed by atoms with Crippen molar-refractivity contribution in [2.45, 2.75) is 6.04 Å². The van der Waals surface area contributed by atoms with Crippen LogP contribution in [0, 0.1) is 0 Å². The summed E-state index contributed by atoms with van der Waals surface area (Å²) in [4.78, 5) is 7.23. The van der Waals surface area contributed by atoms with Gasteiger partial charge in [-0.1, -0.05) is 109 Å². The molecule has 31 heavy (non-hydrogen) atoms. The van der Waals surface area contributed by atoms with E-state index in [1.54, 1.807) is 0 Å². The third kappa shape index (κ3) is 3.36. The number of aliphatic imine (C=N–C) groups is 1. The smallest absolute Gasteiger partial charge is 0.136 e. The maximum Gasteiger partial charge on any atom is 0.136 e. The summed E-state index contributed by atoms with van der Waals surface area (Å²) in [5.41, 5.74) is 8.72. The van der Waals surface area contributed by atoms with E-state index in [1.165, 1.54) is 39.0 Å². The third-order valence-electron chi connectivity index (χ3n) is 6.14. The Morgan fingerprint density at radius 3 is 1.52 bits per heavy atom. The summed E-state index contributed by atoms with van der Waals surface area (Å²) >= 11 is 0. The van der Waals surface area contributed by atoms with Gasteiger partial charge >= 0.3 is 0 Å². The number of fused-ring (bicyclic) bond motifs is 1. The molecule has 6 rings (SSSR count). The summed E-state index contributed by atoms with van der Waals surface area (Å²) in [7, 11) is 0. The van der Waals surface area contributed by atoms with Gasteiger partial charge in [0.05, 0.1) is 6.04 Å². The normalized spacial score (nSPS) is 16.9. The van der Waals surface area contributed by atoms with Crippen molar-refractivity contribution in [3.63, 3.8) is 0 Å². The Labute approximate surface area is 182 Å². The molecule has 2 heteroatoms. The third-order valence-corrected chi connectivity index (χ3v) is 6.14. The van der Waals surface area contributed by atoms with E-state index in [2.05, 4.69) is 114 Å². The van der Waals surface area contributed by atoms with E-state index >= 15 is 0 Å². The molecule has 1 fully saturated rings. The average molecular weight is 399 g/mol. The fourth-order valence-corrected chi connectivity index (χ4v) is 4.37. The lowest BCUT2D eigenvalue weighted by molar-refractivity contribution is 0.792. The first-order valence-corrected chi connectivity index (χ1v) is 10.7. The maximum absolute atomic E-state index is 4.84. The first kappa shape index (κ1) is 17.9. The van der Waals surface area contributed by atoms with Crippen LogP contribution in [0.2, 0.25) is 0 Å². The van der Waals surface area contributed by atoms with E-state index in [0.29, 0.717) is 6.04 Å². The maximum atomic E-state index is 4.84. The first-order valence-electron chi connectivity index (χ1n) is 10.7. The number of benzene rings is 4. The molecular weight excluding hydrogens is 376 g/mol. The van der Waals surface area contributed by atoms with Gasteiger partial charge in [-0.3, -0.25) is 0 Å². The van der Waals surface area contributed by atoms with Gasteiger partial charge in [-0.05, 0) is 27.8 Å². The topological polar surface area (TPSA) is 15.4 Å². The zero-order valence-corrected chi connectivity index (χ0v) is 17.1. The lowest BCUT2D eigenvalue weighted by atomic mass is 9.98. The van der Waals surface area contributed by atoms with Gasteiger partial charge < -0.3 is 4.90 Å². The van der Waals surface area contributed by atoms with Gasteiger partial charge in [0.2, 0.25) is 0 Å². The van der Waals surface area contributed by atoms with Crippen molar-refractivity contribution in [2.75, 3.05) is 6.54 Å². The SMILES string of the molecule is C1=C(c2ccc(-c3ccccc3)cc2)C2CN2C(c2ccc(-c3ccccc3)cc2)=N1. The van der Waals surface area contributed by atoms with Crippen molar-refractivity contribution in [3.05, 3.63) is 127 Å². The van der Waals surface area contributed by atoms with Gasteiger partial charge in [0.15, 0.2) is 0 Å². The molecule has 4 aromatic rings. The minimum atomic E-state index is 0.434. The highest BCUT2D eigenvalue weighted by Crippen LogP contribution is 2.38. The Balaban J connectivity index is 1.25. The summed E-state index contributed by atoms with van der Waals surface area (Å²) in [6.07, 6.45) is 2.06. The molecule has 0 spiro atoms. The Bertz CT molecular complexity index is 1170. The quantitative estimate of drug-likeness (QED) is 0.358. The largest absolute Gasteiger partial charge is 0.345 e. The van der Waals surface area contributed by atoms with Crippen LogP contribution in [-0.2, 0) is 0 Å². The standard InChI is InChI=1S/C29H22N2/c1-3-7-21(8-4-1)23-11-15-25(16-12-23)27-19-30-29(31-20-28(27)31)26-17-13-24(14-18-26)22-9-5-2-6-10-22/h1-19,28H,20H2. The van der Waals surface area contributed by atoms with Gasteiger partial charge in [0.25, 0.3) is 0 Å². The molecule has 148 valence electrons. The molecule has 2 aliphatic heterocycles. The molecular formula is C29H22N2. The summed E-state index contributed by atoms with van der Waals surface area (Å²) < 4.78 is 0. The number of rotatable bonds is 4. The highest BCUT2D eigenvalue weighted by molar-refractivity contribution is 6.04. The molecule has 1 unspecified atom stereocenters. The fourth-order valence-electron chi connectivity index (χ4n) is 4.37. The van der Waals surface area contributed by atoms with Crippen molar-refractivity contribution >= 4 is 11.4 Å². The molecule has 0 N–H and O–H groups in total. The second-order valence-corrected chi connectivity index (χ2v) is 8.09. The molecule has 0 radical (unpaired) electrons. The van der Waals surface area contributed by atoms with Gasteiger partial charge in [-0.25, -0.2) is 4.99 Å². The van der Waals surface area contributed by atoms with Crippen LogP contribution in [0.15, 0.2) is 120 Å². The molecule has 0 aromatic heterocycles. The van der Waals surface area contributed by atoms with E-state index < -0.39 is 0 Å². The molecule has 4 aromatic carbocycles. The fraction of sp³-hybridized carbons (Fsp3) is 0.0690. The number of amidine groups is 1. The Morgan fingerprint density at radius 2 is 0.968 bits per heavy atom. The van der Waals surface area contributed by atoms with Crippen molar-refractivity contribution in [3.8, 4) is 22.3 Å². The van der Waals surface area contributed by atoms with Gasteiger partial charge in [-0.2, -0.15) is 0 Å². The number of nitrogens with zero attached hydrogens (tertiary/aromatic N) is 2. The van der Waals surface area contributed by atoms with E-state index in [4.69, 9.17) is 4.99 Å². The van der Waals surface area contributed by atoms with Crippen LogP contribution in [-0.4, -0.2) is 23.3 Å². The molecule has 1 atom stereocenters. The van der Waals surface area contributed by atoms with Gasteiger partial charge in [-0.15, -0.1) is 0 Å². The number of hydrogen-bond acceptors (Lipinski definition) is 2. The molecule has 0 bridgehead atoms. The van der Waals surface area contributed by atoms with Crippen LogP contribution in [0.4, 0.5) is 0 Å². The predicted molar refractivity (Wildman–Crippen MR) is 129 cm³/mol. The van der Waals surface area contributed by atoms with Crippen molar-refractivity contribution < 1.29 is 0 Å². The Hall–Kier alpha value is -3.91. The summed E-state index contributed by atoms with van der Waals surface area (Å²) in [6, 6.07) is 39.0. The van der Waals surface area contributed by atoms with E-state index in [1.807, 2.05) is 6.07 Å². The summed E-state index contributed by atoms with van der Waals surface area (Å²) in [5, 5.41) is 0. The Morgan fingerprint density at radius 1 is 0.516 bits per heavy atom. The zero-order valence-electron chi connectivity index (χ0n) is 17.1. The summed E-state index contributed by atoms with van der Waals surface area (Å²) in [6.45, 7) is 1.03. The zero-order chi connectivity index (χ0) is 20.6. The molecule has 0 amide bonds. The molecule has 1 saturated heterocycles. The van der Waals surface area contributed by atoms with Crippen LogP contribution in [0.25, 0.3) is 27.8 Å². The molecule has 0 saturated carbocycles. The average Bonchev–Trinajstić information content (AvgIpc) is 3.66. The molecule has 2 aliphatic rings. The second-order valence-electron chi connectivity index (χ2n) is 8.09. The molecule has 2 heterocycles. The van der Waals surface area contributed by atoms with E-state index in [-0.39, 0.29) is 0 Å². The number of hydrogen-bond donors (Lipinski definition) is 0. The first-order chi connectivity index (χ1) is 15.4. The lowest BCUT2D eigenvalue weighted by Crippen LogP contribution is -2.18.